The number of methoxy groups -OCH3 is 2. The number of ether oxygens (including phenoxy) is 2. The van der Waals surface area contributed by atoms with E-state index < -0.39 is 10.0 Å². The molecule has 0 fully saturated rings. The maximum absolute atomic E-state index is 14.2. The SMILES string of the molecule is COc1cc2c(cc1OC)[C@@H](c1ccccc1N(Cc1ccccc1)S(=O)(=O)c1ccc(C)cc1)NCC2. The molecule has 0 saturated heterocycles. The third kappa shape index (κ3) is 4.99. The molecule has 1 aliphatic rings. The maximum atomic E-state index is 14.2. The summed E-state index contributed by atoms with van der Waals surface area (Å²) >= 11 is 0. The van der Waals surface area contributed by atoms with E-state index in [1.54, 1.807) is 26.4 Å². The van der Waals surface area contributed by atoms with Crippen LogP contribution in [0.3, 0.4) is 0 Å². The van der Waals surface area contributed by atoms with Crippen LogP contribution in [0.5, 0.6) is 11.5 Å². The molecule has 4 aromatic carbocycles. The summed E-state index contributed by atoms with van der Waals surface area (Å²) in [4.78, 5) is 0.261. The molecule has 0 aliphatic carbocycles. The Morgan fingerprint density at radius 1 is 0.842 bits per heavy atom. The Labute approximate surface area is 224 Å². The number of aryl methyl sites for hydroxylation is 1. The van der Waals surface area contributed by atoms with E-state index in [2.05, 4.69) is 5.32 Å². The second kappa shape index (κ2) is 10.9. The predicted molar refractivity (Wildman–Crippen MR) is 151 cm³/mol. The summed E-state index contributed by atoms with van der Waals surface area (Å²) in [5.41, 5.74) is 5.63. The van der Waals surface area contributed by atoms with Crippen molar-refractivity contribution in [2.24, 2.45) is 0 Å². The van der Waals surface area contributed by atoms with Crippen LogP contribution in [0.15, 0.2) is 95.9 Å². The minimum atomic E-state index is -3.87. The highest BCUT2D eigenvalue weighted by Gasteiger charge is 2.31. The zero-order chi connectivity index (χ0) is 26.7. The van der Waals surface area contributed by atoms with Crippen molar-refractivity contribution in [1.82, 2.24) is 5.32 Å². The number of nitrogens with one attached hydrogen (secondary N) is 1. The van der Waals surface area contributed by atoms with Crippen molar-refractivity contribution >= 4 is 15.7 Å². The number of fused-ring (bicyclic) bond motifs is 1. The smallest absolute Gasteiger partial charge is 0.264 e. The fourth-order valence-electron chi connectivity index (χ4n) is 5.01. The van der Waals surface area contributed by atoms with Gasteiger partial charge in [0.1, 0.15) is 0 Å². The fraction of sp³-hybridized carbons (Fsp3) is 0.226. The quantitative estimate of drug-likeness (QED) is 0.320. The summed E-state index contributed by atoms with van der Waals surface area (Å²) in [6.07, 6.45) is 0.837. The van der Waals surface area contributed by atoms with Crippen LogP contribution in [0, 0.1) is 6.92 Å². The fourth-order valence-corrected chi connectivity index (χ4v) is 6.48. The van der Waals surface area contributed by atoms with Gasteiger partial charge in [-0.2, -0.15) is 0 Å². The molecule has 38 heavy (non-hydrogen) atoms. The first-order valence-corrected chi connectivity index (χ1v) is 14.1. The number of anilines is 1. The first-order chi connectivity index (χ1) is 18.4. The average molecular weight is 529 g/mol. The number of rotatable bonds is 8. The van der Waals surface area contributed by atoms with E-state index in [9.17, 15) is 8.42 Å². The lowest BCUT2D eigenvalue weighted by Gasteiger charge is -2.33. The van der Waals surface area contributed by atoms with Crippen LogP contribution in [0.4, 0.5) is 5.69 Å². The van der Waals surface area contributed by atoms with Gasteiger partial charge < -0.3 is 14.8 Å². The molecular weight excluding hydrogens is 496 g/mol. The highest BCUT2D eigenvalue weighted by Crippen LogP contribution is 2.41. The van der Waals surface area contributed by atoms with Gasteiger partial charge in [0.15, 0.2) is 11.5 Å². The molecule has 0 spiro atoms. The number of para-hydroxylation sites is 1. The number of benzene rings is 4. The summed E-state index contributed by atoms with van der Waals surface area (Å²) in [5.74, 6) is 1.33. The monoisotopic (exact) mass is 528 g/mol. The second-order valence-electron chi connectivity index (χ2n) is 9.41. The predicted octanol–water partition coefficient (Wildman–Crippen LogP) is 5.64. The molecule has 0 unspecified atom stereocenters. The Balaban J connectivity index is 1.66. The van der Waals surface area contributed by atoms with Crippen LogP contribution < -0.4 is 19.1 Å². The van der Waals surface area contributed by atoms with Gasteiger partial charge in [-0.25, -0.2) is 8.42 Å². The van der Waals surface area contributed by atoms with Gasteiger partial charge in [0.05, 0.1) is 37.4 Å². The largest absolute Gasteiger partial charge is 0.493 e. The molecule has 4 aromatic rings. The Hall–Kier alpha value is -3.81. The van der Waals surface area contributed by atoms with Gasteiger partial charge in [-0.3, -0.25) is 4.31 Å². The lowest BCUT2D eigenvalue weighted by molar-refractivity contribution is 0.353. The van der Waals surface area contributed by atoms with E-state index >= 15 is 0 Å². The molecule has 0 radical (unpaired) electrons. The summed E-state index contributed by atoms with van der Waals surface area (Å²) in [5, 5.41) is 3.62. The molecule has 1 N–H and O–H groups in total. The van der Waals surface area contributed by atoms with E-state index in [1.165, 1.54) is 4.31 Å². The number of nitrogens with zero attached hydrogens (tertiary/aromatic N) is 1. The van der Waals surface area contributed by atoms with Crippen LogP contribution in [0.25, 0.3) is 0 Å². The van der Waals surface area contributed by atoms with E-state index in [0.717, 1.165) is 40.8 Å². The van der Waals surface area contributed by atoms with Gasteiger partial charge in [-0.15, -0.1) is 0 Å². The van der Waals surface area contributed by atoms with Crippen molar-refractivity contribution in [2.75, 3.05) is 25.1 Å². The van der Waals surface area contributed by atoms with Gasteiger partial charge in [-0.1, -0.05) is 66.2 Å². The number of hydrogen-bond acceptors (Lipinski definition) is 5. The average Bonchev–Trinajstić information content (AvgIpc) is 2.95. The zero-order valence-corrected chi connectivity index (χ0v) is 22.7. The topological polar surface area (TPSA) is 67.9 Å². The van der Waals surface area contributed by atoms with Gasteiger partial charge in [-0.05, 0) is 65.9 Å². The minimum absolute atomic E-state index is 0.208. The molecule has 6 nitrogen and oxygen atoms in total. The zero-order valence-electron chi connectivity index (χ0n) is 21.8. The van der Waals surface area contributed by atoms with Crippen molar-refractivity contribution in [3.05, 3.63) is 119 Å². The lowest BCUT2D eigenvalue weighted by Crippen LogP contribution is -2.35. The standard InChI is InChI=1S/C31H32N2O4S/c1-22-13-15-25(16-14-22)38(34,35)33(21-23-9-5-4-6-10-23)28-12-8-7-11-26(28)31-27-20-30(37-3)29(36-2)19-24(27)17-18-32-31/h4-16,19-20,31-32H,17-18,21H2,1-3H3/t31-/m1/s1. The van der Waals surface area contributed by atoms with Gasteiger partial charge in [0.25, 0.3) is 10.0 Å². The Morgan fingerprint density at radius 3 is 2.21 bits per heavy atom. The molecule has 1 atom stereocenters. The van der Waals surface area contributed by atoms with Crippen molar-refractivity contribution in [3.8, 4) is 11.5 Å². The lowest BCUT2D eigenvalue weighted by atomic mass is 9.88. The third-order valence-corrected chi connectivity index (χ3v) is 8.77. The van der Waals surface area contributed by atoms with E-state index in [4.69, 9.17) is 9.47 Å². The number of hydrogen-bond donors (Lipinski definition) is 1. The molecule has 7 heteroatoms. The van der Waals surface area contributed by atoms with Crippen molar-refractivity contribution < 1.29 is 17.9 Å². The first-order valence-electron chi connectivity index (χ1n) is 12.6. The Bertz CT molecular complexity index is 1520. The van der Waals surface area contributed by atoms with E-state index in [-0.39, 0.29) is 17.5 Å². The van der Waals surface area contributed by atoms with Crippen LogP contribution in [-0.2, 0) is 23.0 Å². The normalized spacial score (nSPS) is 15.0. The van der Waals surface area contributed by atoms with Gasteiger partial charge >= 0.3 is 0 Å². The highest BCUT2D eigenvalue weighted by molar-refractivity contribution is 7.92. The van der Waals surface area contributed by atoms with Gasteiger partial charge in [0.2, 0.25) is 0 Å². The van der Waals surface area contributed by atoms with Crippen LogP contribution in [0.1, 0.15) is 33.9 Å². The molecule has 5 rings (SSSR count). The highest BCUT2D eigenvalue weighted by atomic mass is 32.2. The Morgan fingerprint density at radius 2 is 1.50 bits per heavy atom. The molecule has 0 amide bonds. The summed E-state index contributed by atoms with van der Waals surface area (Å²) < 4.78 is 41.0. The van der Waals surface area contributed by atoms with Crippen molar-refractivity contribution in [2.45, 2.75) is 30.8 Å². The number of sulfonamides is 1. The van der Waals surface area contributed by atoms with E-state index in [1.807, 2.05) is 85.8 Å². The molecule has 1 aliphatic heterocycles. The minimum Gasteiger partial charge on any atom is -0.493 e. The van der Waals surface area contributed by atoms with Crippen LogP contribution in [0.2, 0.25) is 0 Å². The van der Waals surface area contributed by atoms with Gasteiger partial charge in [0, 0.05) is 6.54 Å². The van der Waals surface area contributed by atoms with Crippen molar-refractivity contribution in [1.29, 1.82) is 0 Å². The van der Waals surface area contributed by atoms with E-state index in [0.29, 0.717) is 17.2 Å². The molecule has 0 saturated carbocycles. The summed E-state index contributed by atoms with van der Waals surface area (Å²) in [6, 6.07) is 28.2. The van der Waals surface area contributed by atoms with Crippen LogP contribution in [-0.4, -0.2) is 29.2 Å². The summed E-state index contributed by atoms with van der Waals surface area (Å²) in [7, 11) is -0.612. The summed E-state index contributed by atoms with van der Waals surface area (Å²) in [6.45, 7) is 2.91. The third-order valence-electron chi connectivity index (χ3n) is 6.99. The Kier molecular flexibility index (Phi) is 7.40. The molecule has 0 aromatic heterocycles. The molecular formula is C31H32N2O4S. The molecule has 196 valence electrons. The maximum Gasteiger partial charge on any atom is 0.264 e. The van der Waals surface area contributed by atoms with Crippen LogP contribution >= 0.6 is 0 Å². The van der Waals surface area contributed by atoms with Crippen molar-refractivity contribution in [3.63, 3.8) is 0 Å². The molecule has 1 heterocycles. The second-order valence-corrected chi connectivity index (χ2v) is 11.3. The first kappa shape index (κ1) is 25.8. The molecule has 0 bridgehead atoms.